The van der Waals surface area contributed by atoms with Gasteiger partial charge in [-0.15, -0.1) is 0 Å². The smallest absolute Gasteiger partial charge is 0.224 e. The lowest BCUT2D eigenvalue weighted by atomic mass is 10.1. The van der Waals surface area contributed by atoms with Crippen LogP contribution < -0.4 is 11.1 Å². The Morgan fingerprint density at radius 1 is 1.14 bits per heavy atom. The Kier molecular flexibility index (Phi) is 5.09. The SMILES string of the molecule is Nc1nc(NCCc2ccccc2)c2ncn(C3O[C@H](CO)[C@@H](O)[C@H]3O)c2n1. The number of nitrogen functional groups attached to an aromatic ring is 1. The summed E-state index contributed by atoms with van der Waals surface area (Å²) in [4.78, 5) is 12.8. The van der Waals surface area contributed by atoms with E-state index in [0.29, 0.717) is 23.5 Å². The molecule has 10 heteroatoms. The molecule has 148 valence electrons. The quantitative estimate of drug-likeness (QED) is 0.383. The highest BCUT2D eigenvalue weighted by Crippen LogP contribution is 2.32. The van der Waals surface area contributed by atoms with Gasteiger partial charge in [0.15, 0.2) is 23.2 Å². The van der Waals surface area contributed by atoms with Crippen LogP contribution in [0.1, 0.15) is 11.8 Å². The van der Waals surface area contributed by atoms with Crippen molar-refractivity contribution in [3.63, 3.8) is 0 Å². The molecule has 1 fully saturated rings. The number of hydrogen-bond donors (Lipinski definition) is 5. The first kappa shape index (κ1) is 18.6. The Labute approximate surface area is 160 Å². The Balaban J connectivity index is 1.58. The van der Waals surface area contributed by atoms with E-state index in [1.54, 1.807) is 0 Å². The van der Waals surface area contributed by atoms with Gasteiger partial charge in [-0.1, -0.05) is 30.3 Å². The number of hydrogen-bond acceptors (Lipinski definition) is 9. The van der Waals surface area contributed by atoms with Gasteiger partial charge in [0.25, 0.3) is 0 Å². The largest absolute Gasteiger partial charge is 0.394 e. The third-order valence-corrected chi connectivity index (χ3v) is 4.78. The maximum absolute atomic E-state index is 10.3. The molecule has 3 aromatic rings. The van der Waals surface area contributed by atoms with Crippen LogP contribution in [0.5, 0.6) is 0 Å². The van der Waals surface area contributed by atoms with E-state index in [4.69, 9.17) is 10.5 Å². The minimum absolute atomic E-state index is 0.0446. The fraction of sp³-hybridized carbons (Fsp3) is 0.389. The normalized spacial score (nSPS) is 24.7. The molecule has 0 radical (unpaired) electrons. The van der Waals surface area contributed by atoms with Crippen LogP contribution in [0.15, 0.2) is 36.7 Å². The maximum atomic E-state index is 10.3. The van der Waals surface area contributed by atoms with Crippen LogP contribution in [-0.2, 0) is 11.2 Å². The van der Waals surface area contributed by atoms with Gasteiger partial charge in [-0.3, -0.25) is 4.57 Å². The molecule has 10 nitrogen and oxygen atoms in total. The molecule has 1 unspecified atom stereocenters. The molecule has 0 saturated carbocycles. The van der Waals surface area contributed by atoms with Crippen LogP contribution in [0.3, 0.4) is 0 Å². The lowest BCUT2D eigenvalue weighted by Crippen LogP contribution is -2.33. The van der Waals surface area contributed by atoms with Gasteiger partial charge in [-0.25, -0.2) is 4.98 Å². The number of ether oxygens (including phenoxy) is 1. The molecule has 1 aliphatic heterocycles. The second-order valence-electron chi connectivity index (χ2n) is 6.65. The third kappa shape index (κ3) is 3.38. The van der Waals surface area contributed by atoms with Gasteiger partial charge >= 0.3 is 0 Å². The zero-order valence-corrected chi connectivity index (χ0v) is 15.0. The Hall–Kier alpha value is -2.79. The van der Waals surface area contributed by atoms with Crippen molar-refractivity contribution in [2.75, 3.05) is 24.2 Å². The summed E-state index contributed by atoms with van der Waals surface area (Å²) in [6.07, 6.45) is -2.04. The number of anilines is 2. The zero-order chi connectivity index (χ0) is 19.7. The number of nitrogens with one attached hydrogen (secondary N) is 1. The molecule has 2 aromatic heterocycles. The highest BCUT2D eigenvalue weighted by molar-refractivity contribution is 5.84. The van der Waals surface area contributed by atoms with Crippen molar-refractivity contribution < 1.29 is 20.1 Å². The van der Waals surface area contributed by atoms with Crippen molar-refractivity contribution in [3.05, 3.63) is 42.2 Å². The van der Waals surface area contributed by atoms with Crippen LogP contribution in [0.25, 0.3) is 11.2 Å². The summed E-state index contributed by atoms with van der Waals surface area (Å²) in [7, 11) is 0. The summed E-state index contributed by atoms with van der Waals surface area (Å²) in [5.41, 5.74) is 7.88. The number of aliphatic hydroxyl groups excluding tert-OH is 3. The monoisotopic (exact) mass is 386 g/mol. The van der Waals surface area contributed by atoms with Gasteiger partial charge in [0.1, 0.15) is 18.3 Å². The van der Waals surface area contributed by atoms with Gasteiger partial charge < -0.3 is 31.1 Å². The fourth-order valence-electron chi connectivity index (χ4n) is 3.32. The van der Waals surface area contributed by atoms with Crippen molar-refractivity contribution in [2.24, 2.45) is 0 Å². The van der Waals surface area contributed by atoms with Gasteiger partial charge in [0, 0.05) is 6.54 Å². The minimum Gasteiger partial charge on any atom is -0.394 e. The predicted octanol–water partition coefficient (Wildman–Crippen LogP) is -0.325. The first-order chi connectivity index (χ1) is 13.6. The lowest BCUT2D eigenvalue weighted by Gasteiger charge is -2.16. The number of aliphatic hydroxyl groups is 3. The van der Waals surface area contributed by atoms with Gasteiger partial charge in [0.05, 0.1) is 12.9 Å². The molecule has 1 aromatic carbocycles. The first-order valence-corrected chi connectivity index (χ1v) is 8.98. The van der Waals surface area contributed by atoms with E-state index in [9.17, 15) is 15.3 Å². The number of rotatable bonds is 6. The van der Waals surface area contributed by atoms with Crippen LogP contribution >= 0.6 is 0 Å². The second kappa shape index (κ2) is 7.68. The molecular weight excluding hydrogens is 364 g/mol. The number of benzene rings is 1. The first-order valence-electron chi connectivity index (χ1n) is 8.98. The summed E-state index contributed by atoms with van der Waals surface area (Å²) in [5, 5.41) is 32.8. The number of nitrogens with zero attached hydrogens (tertiary/aromatic N) is 4. The molecule has 0 aliphatic carbocycles. The summed E-state index contributed by atoms with van der Waals surface area (Å²) < 4.78 is 7.04. The molecule has 3 heterocycles. The zero-order valence-electron chi connectivity index (χ0n) is 15.0. The number of aromatic nitrogens is 4. The third-order valence-electron chi connectivity index (χ3n) is 4.78. The van der Waals surface area contributed by atoms with E-state index >= 15 is 0 Å². The topological polar surface area (TPSA) is 152 Å². The average molecular weight is 386 g/mol. The number of nitrogens with two attached hydrogens (primary N) is 1. The number of fused-ring (bicyclic) bond motifs is 1. The number of imidazole rings is 1. The van der Waals surface area contributed by atoms with E-state index in [1.807, 2.05) is 30.3 Å². The van der Waals surface area contributed by atoms with Crippen molar-refractivity contribution >= 4 is 22.9 Å². The molecule has 1 aliphatic rings. The summed E-state index contributed by atoms with van der Waals surface area (Å²) in [6, 6.07) is 10.0. The Morgan fingerprint density at radius 3 is 2.64 bits per heavy atom. The highest BCUT2D eigenvalue weighted by atomic mass is 16.6. The van der Waals surface area contributed by atoms with E-state index in [2.05, 4.69) is 20.3 Å². The van der Waals surface area contributed by atoms with Crippen molar-refractivity contribution in [2.45, 2.75) is 31.0 Å². The molecule has 6 N–H and O–H groups in total. The molecule has 4 rings (SSSR count). The summed E-state index contributed by atoms with van der Waals surface area (Å²) >= 11 is 0. The average Bonchev–Trinajstić information content (AvgIpc) is 3.24. The van der Waals surface area contributed by atoms with E-state index in [-0.39, 0.29) is 5.95 Å². The van der Waals surface area contributed by atoms with Gasteiger partial charge in [-0.05, 0) is 12.0 Å². The minimum atomic E-state index is -1.24. The standard InChI is InChI=1S/C18H22N6O4/c19-18-22-15(20-7-6-10-4-2-1-3-5-10)12-16(23-18)24(9-21-12)17-14(27)13(26)11(8-25)28-17/h1-5,9,11,13-14,17,25-27H,6-8H2,(H3,19,20,22,23)/t11-,13-,14-,17?/m1/s1. The molecule has 28 heavy (non-hydrogen) atoms. The Bertz CT molecular complexity index is 950. The van der Waals surface area contributed by atoms with Crippen LogP contribution in [0, 0.1) is 0 Å². The highest BCUT2D eigenvalue weighted by Gasteiger charge is 2.44. The summed E-state index contributed by atoms with van der Waals surface area (Å²) in [6.45, 7) is 0.209. The van der Waals surface area contributed by atoms with E-state index < -0.39 is 31.1 Å². The molecule has 1 saturated heterocycles. The van der Waals surface area contributed by atoms with Gasteiger partial charge in [0.2, 0.25) is 5.95 Å². The molecular formula is C18H22N6O4. The molecule has 0 amide bonds. The predicted molar refractivity (Wildman–Crippen MR) is 101 cm³/mol. The van der Waals surface area contributed by atoms with Crippen LogP contribution in [-0.4, -0.2) is 66.3 Å². The fourth-order valence-corrected chi connectivity index (χ4v) is 3.32. The Morgan fingerprint density at radius 2 is 1.93 bits per heavy atom. The van der Waals surface area contributed by atoms with Crippen LogP contribution in [0.4, 0.5) is 11.8 Å². The van der Waals surface area contributed by atoms with Crippen molar-refractivity contribution in [3.8, 4) is 0 Å². The van der Waals surface area contributed by atoms with Gasteiger partial charge in [-0.2, -0.15) is 9.97 Å². The van der Waals surface area contributed by atoms with E-state index in [1.165, 1.54) is 16.5 Å². The maximum Gasteiger partial charge on any atom is 0.224 e. The van der Waals surface area contributed by atoms with Crippen molar-refractivity contribution in [1.82, 2.24) is 19.5 Å². The lowest BCUT2D eigenvalue weighted by molar-refractivity contribution is -0.0511. The van der Waals surface area contributed by atoms with Crippen molar-refractivity contribution in [1.29, 1.82) is 0 Å². The molecule has 4 atom stereocenters. The van der Waals surface area contributed by atoms with E-state index in [0.717, 1.165) is 6.42 Å². The molecule has 0 spiro atoms. The summed E-state index contributed by atoms with van der Waals surface area (Å²) in [5.74, 6) is 0.520. The molecule has 0 bridgehead atoms. The van der Waals surface area contributed by atoms with Crippen LogP contribution in [0.2, 0.25) is 0 Å². The second-order valence-corrected chi connectivity index (χ2v) is 6.65.